The molecule has 82 valence electrons. The van der Waals surface area contributed by atoms with Crippen LogP contribution in [-0.4, -0.2) is 23.6 Å². The number of hydrogen-bond acceptors (Lipinski definition) is 2. The summed E-state index contributed by atoms with van der Waals surface area (Å²) in [7, 11) is 0. The highest BCUT2D eigenvalue weighted by atomic mass is 32.1. The topological polar surface area (TPSA) is 67.2 Å². The third-order valence-corrected chi connectivity index (χ3v) is 2.33. The molecule has 0 aliphatic carbocycles. The Morgan fingerprint density at radius 2 is 2.00 bits per heavy atom. The van der Waals surface area contributed by atoms with Gasteiger partial charge in [-0.05, 0) is 13.8 Å². The van der Waals surface area contributed by atoms with Gasteiger partial charge in [0.15, 0.2) is 0 Å². The van der Waals surface area contributed by atoms with Crippen LogP contribution < -0.4 is 16.4 Å². The first-order valence-corrected chi connectivity index (χ1v) is 5.01. The summed E-state index contributed by atoms with van der Waals surface area (Å²) in [5.41, 5.74) is 5.17. The maximum absolute atomic E-state index is 11.2. The van der Waals surface area contributed by atoms with Crippen LogP contribution >= 0.6 is 12.2 Å². The molecule has 2 amide bonds. The molecule has 0 bridgehead atoms. The smallest absolute Gasteiger partial charge is 0.315 e. The predicted octanol–water partition coefficient (Wildman–Crippen LogP) is 1.01. The average Bonchev–Trinajstić information content (AvgIpc) is 1.99. The molecule has 4 N–H and O–H groups in total. The highest BCUT2D eigenvalue weighted by molar-refractivity contribution is 7.80. The van der Waals surface area contributed by atoms with Gasteiger partial charge < -0.3 is 16.4 Å². The number of urea groups is 1. The van der Waals surface area contributed by atoms with Crippen molar-refractivity contribution in [3.05, 3.63) is 0 Å². The van der Waals surface area contributed by atoms with Crippen LogP contribution in [0.25, 0.3) is 0 Å². The first-order valence-electron chi connectivity index (χ1n) is 4.60. The Morgan fingerprint density at radius 3 is 2.36 bits per heavy atom. The van der Waals surface area contributed by atoms with Crippen molar-refractivity contribution in [2.45, 2.75) is 33.7 Å². The maximum atomic E-state index is 11.2. The fourth-order valence-corrected chi connectivity index (χ4v) is 0.774. The van der Waals surface area contributed by atoms with Gasteiger partial charge in [-0.15, -0.1) is 0 Å². The maximum Gasteiger partial charge on any atom is 0.315 e. The fraction of sp³-hybridized carbons (Fsp3) is 0.778. The normalized spacial score (nSPS) is 11.2. The molecular formula is C9H19N3OS. The quantitative estimate of drug-likeness (QED) is 0.616. The summed E-state index contributed by atoms with van der Waals surface area (Å²) in [6.07, 6.45) is 0. The average molecular weight is 217 g/mol. The van der Waals surface area contributed by atoms with E-state index < -0.39 is 0 Å². The first kappa shape index (κ1) is 13.2. The van der Waals surface area contributed by atoms with Crippen molar-refractivity contribution in [3.8, 4) is 0 Å². The molecule has 0 atom stereocenters. The Balaban J connectivity index is 3.94. The lowest BCUT2D eigenvalue weighted by atomic mass is 9.94. The SMILES string of the molecule is CC(C)NC(=O)NCC(C)(C)C(N)=S. The van der Waals surface area contributed by atoms with Gasteiger partial charge in [0.1, 0.15) is 0 Å². The van der Waals surface area contributed by atoms with E-state index in [1.807, 2.05) is 27.7 Å². The Bertz CT molecular complexity index is 226. The molecular weight excluding hydrogens is 198 g/mol. The number of nitrogens with one attached hydrogen (secondary N) is 2. The third kappa shape index (κ3) is 5.01. The van der Waals surface area contributed by atoms with Crippen LogP contribution in [0, 0.1) is 5.41 Å². The zero-order valence-corrected chi connectivity index (χ0v) is 9.99. The zero-order valence-electron chi connectivity index (χ0n) is 9.18. The lowest BCUT2D eigenvalue weighted by molar-refractivity contribution is 0.236. The number of carbonyl (C=O) groups excluding carboxylic acids is 1. The van der Waals surface area contributed by atoms with Gasteiger partial charge in [0.2, 0.25) is 0 Å². The molecule has 0 rings (SSSR count). The summed E-state index contributed by atoms with van der Waals surface area (Å²) in [6.45, 7) is 8.04. The van der Waals surface area contributed by atoms with E-state index in [2.05, 4.69) is 10.6 Å². The Morgan fingerprint density at radius 1 is 1.50 bits per heavy atom. The van der Waals surface area contributed by atoms with Crippen LogP contribution in [0.2, 0.25) is 0 Å². The van der Waals surface area contributed by atoms with Crippen LogP contribution in [0.5, 0.6) is 0 Å². The van der Waals surface area contributed by atoms with E-state index in [-0.39, 0.29) is 17.5 Å². The van der Waals surface area contributed by atoms with Crippen molar-refractivity contribution in [2.24, 2.45) is 11.1 Å². The van der Waals surface area contributed by atoms with E-state index in [0.29, 0.717) is 11.5 Å². The van der Waals surface area contributed by atoms with Gasteiger partial charge in [0.25, 0.3) is 0 Å². The van der Waals surface area contributed by atoms with Gasteiger partial charge in [-0.3, -0.25) is 0 Å². The van der Waals surface area contributed by atoms with Gasteiger partial charge in [-0.25, -0.2) is 4.79 Å². The molecule has 0 unspecified atom stereocenters. The summed E-state index contributed by atoms with van der Waals surface area (Å²) in [5, 5.41) is 5.44. The number of thiocarbonyl (C=S) groups is 1. The largest absolute Gasteiger partial charge is 0.393 e. The number of hydrogen-bond donors (Lipinski definition) is 3. The predicted molar refractivity (Wildman–Crippen MR) is 62.2 cm³/mol. The molecule has 0 heterocycles. The van der Waals surface area contributed by atoms with Crippen molar-refractivity contribution >= 4 is 23.2 Å². The van der Waals surface area contributed by atoms with E-state index in [1.165, 1.54) is 0 Å². The number of amides is 2. The number of carbonyl (C=O) groups is 1. The molecule has 0 aliphatic heterocycles. The van der Waals surface area contributed by atoms with Crippen molar-refractivity contribution < 1.29 is 4.79 Å². The second-order valence-corrected chi connectivity index (χ2v) is 4.67. The minimum Gasteiger partial charge on any atom is -0.393 e. The summed E-state index contributed by atoms with van der Waals surface area (Å²) in [4.78, 5) is 11.6. The van der Waals surface area contributed by atoms with Crippen LogP contribution in [0.15, 0.2) is 0 Å². The highest BCUT2D eigenvalue weighted by Gasteiger charge is 2.21. The van der Waals surface area contributed by atoms with Gasteiger partial charge in [0.05, 0.1) is 4.99 Å². The minimum absolute atomic E-state index is 0.128. The molecule has 0 aromatic heterocycles. The van der Waals surface area contributed by atoms with Crippen molar-refractivity contribution in [1.29, 1.82) is 0 Å². The molecule has 5 heteroatoms. The Labute approximate surface area is 90.6 Å². The Kier molecular flexibility index (Phi) is 4.83. The van der Waals surface area contributed by atoms with Gasteiger partial charge >= 0.3 is 6.03 Å². The molecule has 0 aliphatic rings. The molecule has 0 saturated heterocycles. The van der Waals surface area contributed by atoms with Crippen molar-refractivity contribution in [3.63, 3.8) is 0 Å². The summed E-state index contributed by atoms with van der Waals surface area (Å²) >= 11 is 4.88. The number of nitrogens with two attached hydrogens (primary N) is 1. The van der Waals surface area contributed by atoms with E-state index in [1.54, 1.807) is 0 Å². The van der Waals surface area contributed by atoms with Gasteiger partial charge in [-0.1, -0.05) is 26.1 Å². The summed E-state index contributed by atoms with van der Waals surface area (Å²) in [5.74, 6) is 0. The molecule has 0 saturated carbocycles. The van der Waals surface area contributed by atoms with Gasteiger partial charge in [-0.2, -0.15) is 0 Å². The molecule has 0 radical (unpaired) electrons. The highest BCUT2D eigenvalue weighted by Crippen LogP contribution is 2.13. The van der Waals surface area contributed by atoms with Crippen molar-refractivity contribution in [2.75, 3.05) is 6.54 Å². The number of rotatable bonds is 4. The standard InChI is InChI=1S/C9H19N3OS/c1-6(2)12-8(13)11-5-9(3,4)7(10)14/h6H,5H2,1-4H3,(H2,10,14)(H2,11,12,13). The molecule has 0 fully saturated rings. The summed E-state index contributed by atoms with van der Waals surface area (Å²) < 4.78 is 0. The molecule has 0 aromatic rings. The van der Waals surface area contributed by atoms with Gasteiger partial charge in [0, 0.05) is 18.0 Å². The van der Waals surface area contributed by atoms with Crippen LogP contribution in [0.1, 0.15) is 27.7 Å². The zero-order chi connectivity index (χ0) is 11.4. The first-order chi connectivity index (χ1) is 6.25. The molecule has 14 heavy (non-hydrogen) atoms. The van der Waals surface area contributed by atoms with E-state index in [4.69, 9.17) is 18.0 Å². The van der Waals surface area contributed by atoms with E-state index in [9.17, 15) is 4.79 Å². The van der Waals surface area contributed by atoms with E-state index in [0.717, 1.165) is 0 Å². The fourth-order valence-electron chi connectivity index (χ4n) is 0.702. The monoisotopic (exact) mass is 217 g/mol. The van der Waals surface area contributed by atoms with Crippen LogP contribution in [-0.2, 0) is 0 Å². The molecule has 4 nitrogen and oxygen atoms in total. The third-order valence-electron chi connectivity index (χ3n) is 1.78. The molecule has 0 aromatic carbocycles. The minimum atomic E-state index is -0.344. The van der Waals surface area contributed by atoms with E-state index >= 15 is 0 Å². The lowest BCUT2D eigenvalue weighted by Gasteiger charge is -2.23. The lowest BCUT2D eigenvalue weighted by Crippen LogP contribution is -2.46. The summed E-state index contributed by atoms with van der Waals surface area (Å²) in [6, 6.07) is -0.0627. The van der Waals surface area contributed by atoms with Crippen molar-refractivity contribution in [1.82, 2.24) is 10.6 Å². The second kappa shape index (κ2) is 5.14. The van der Waals surface area contributed by atoms with Crippen LogP contribution in [0.3, 0.4) is 0 Å². The van der Waals surface area contributed by atoms with Crippen LogP contribution in [0.4, 0.5) is 4.79 Å². The second-order valence-electron chi connectivity index (χ2n) is 4.23. The Hall–Kier alpha value is -0.840. The molecule has 0 spiro atoms.